The molecule has 1 unspecified atom stereocenters. The minimum Gasteiger partial charge on any atom is -0.480 e. The van der Waals surface area contributed by atoms with Crippen molar-refractivity contribution in [3.8, 4) is 0 Å². The maximum Gasteiger partial charge on any atom is 0.329 e. The molecule has 1 aromatic heterocycles. The van der Waals surface area contributed by atoms with Crippen LogP contribution in [0.25, 0.3) is 0 Å². The lowest BCUT2D eigenvalue weighted by Gasteiger charge is -2.26. The summed E-state index contributed by atoms with van der Waals surface area (Å²) in [5.41, 5.74) is -1.43. The molecule has 0 aliphatic carbocycles. The molecule has 0 fully saturated rings. The van der Waals surface area contributed by atoms with Gasteiger partial charge in [0.2, 0.25) is 10.0 Å². The van der Waals surface area contributed by atoms with Crippen molar-refractivity contribution in [2.45, 2.75) is 17.4 Å². The number of nitrogens with one attached hydrogen (secondary N) is 1. The average Bonchev–Trinajstić information content (AvgIpc) is 2.48. The highest BCUT2D eigenvalue weighted by Crippen LogP contribution is 2.23. The molecule has 0 saturated carbocycles. The number of rotatable bonds is 5. The zero-order valence-electron chi connectivity index (χ0n) is 11.2. The van der Waals surface area contributed by atoms with Crippen LogP contribution in [0.3, 0.4) is 0 Å². The molecule has 6 nitrogen and oxygen atoms in total. The van der Waals surface area contributed by atoms with Gasteiger partial charge in [-0.1, -0.05) is 30.3 Å². The van der Waals surface area contributed by atoms with Crippen LogP contribution in [0.2, 0.25) is 0 Å². The Bertz CT molecular complexity index is 732. The van der Waals surface area contributed by atoms with E-state index in [-0.39, 0.29) is 4.90 Å². The first-order chi connectivity index (χ1) is 9.86. The smallest absolute Gasteiger partial charge is 0.329 e. The van der Waals surface area contributed by atoms with Gasteiger partial charge < -0.3 is 5.11 Å². The highest BCUT2D eigenvalue weighted by atomic mass is 32.2. The third-order valence-electron chi connectivity index (χ3n) is 3.06. The monoisotopic (exact) mass is 306 g/mol. The van der Waals surface area contributed by atoms with E-state index in [1.165, 1.54) is 25.3 Å². The van der Waals surface area contributed by atoms with E-state index in [1.807, 2.05) is 0 Å². The molecule has 0 amide bonds. The fraction of sp³-hybridized carbons (Fsp3) is 0.143. The summed E-state index contributed by atoms with van der Waals surface area (Å²) in [6.45, 7) is 1.30. The molecule has 0 bridgehead atoms. The Kier molecular flexibility index (Phi) is 4.06. The van der Waals surface area contributed by atoms with Gasteiger partial charge in [-0.25, -0.2) is 13.2 Å². The number of benzene rings is 1. The summed E-state index contributed by atoms with van der Waals surface area (Å²) in [5, 5.41) is 9.45. The van der Waals surface area contributed by atoms with Gasteiger partial charge >= 0.3 is 5.97 Å². The van der Waals surface area contributed by atoms with Crippen molar-refractivity contribution >= 4 is 16.0 Å². The molecule has 110 valence electrons. The van der Waals surface area contributed by atoms with Gasteiger partial charge in [-0.2, -0.15) is 4.72 Å². The van der Waals surface area contributed by atoms with Crippen molar-refractivity contribution < 1.29 is 18.3 Å². The molecule has 21 heavy (non-hydrogen) atoms. The number of hydrogen-bond acceptors (Lipinski definition) is 4. The summed E-state index contributed by atoms with van der Waals surface area (Å²) in [4.78, 5) is 15.2. The first kappa shape index (κ1) is 15.1. The zero-order valence-corrected chi connectivity index (χ0v) is 12.0. The number of aliphatic carboxylic acids is 1. The van der Waals surface area contributed by atoms with Crippen molar-refractivity contribution in [1.29, 1.82) is 0 Å². The predicted octanol–water partition coefficient (Wildman–Crippen LogP) is 1.36. The van der Waals surface area contributed by atoms with Crippen LogP contribution in [0.4, 0.5) is 0 Å². The number of carboxylic acids is 1. The van der Waals surface area contributed by atoms with Crippen molar-refractivity contribution in [2.24, 2.45) is 0 Å². The Labute approximate surface area is 122 Å². The molecular weight excluding hydrogens is 292 g/mol. The summed E-state index contributed by atoms with van der Waals surface area (Å²) in [5.74, 6) is -1.29. The fourth-order valence-corrected chi connectivity index (χ4v) is 3.15. The molecule has 0 saturated heterocycles. The van der Waals surface area contributed by atoms with Crippen molar-refractivity contribution in [3.63, 3.8) is 0 Å². The van der Waals surface area contributed by atoms with E-state index in [0.29, 0.717) is 5.56 Å². The Hall–Kier alpha value is -2.25. The Morgan fingerprint density at radius 3 is 2.38 bits per heavy atom. The number of carboxylic acid groups (broad SMARTS) is 1. The minimum atomic E-state index is -4.00. The zero-order chi connectivity index (χ0) is 15.5. The molecule has 2 aromatic rings. The number of nitrogens with zero attached hydrogens (tertiary/aromatic N) is 1. The Morgan fingerprint density at radius 2 is 1.86 bits per heavy atom. The van der Waals surface area contributed by atoms with Gasteiger partial charge in [-0.05, 0) is 24.6 Å². The van der Waals surface area contributed by atoms with E-state index >= 15 is 0 Å². The summed E-state index contributed by atoms with van der Waals surface area (Å²) in [6, 6.07) is 10.9. The minimum absolute atomic E-state index is 0.0894. The van der Waals surface area contributed by atoms with E-state index in [0.717, 1.165) is 6.20 Å². The number of carbonyl (C=O) groups is 1. The molecular formula is C14H14N2O4S. The Morgan fingerprint density at radius 1 is 1.19 bits per heavy atom. The number of pyridine rings is 1. The number of hydrogen-bond donors (Lipinski definition) is 2. The first-order valence-electron chi connectivity index (χ1n) is 6.09. The molecule has 2 N–H and O–H groups in total. The van der Waals surface area contributed by atoms with Crippen LogP contribution in [-0.4, -0.2) is 24.5 Å². The topological polar surface area (TPSA) is 96.4 Å². The van der Waals surface area contributed by atoms with Crippen LogP contribution in [0.1, 0.15) is 12.5 Å². The van der Waals surface area contributed by atoms with Gasteiger partial charge in [-0.15, -0.1) is 0 Å². The summed E-state index contributed by atoms with van der Waals surface area (Å²) in [6.07, 6.45) is 2.60. The van der Waals surface area contributed by atoms with Gasteiger partial charge in [0.05, 0.1) is 0 Å². The summed E-state index contributed by atoms with van der Waals surface area (Å²) < 4.78 is 26.9. The highest BCUT2D eigenvalue weighted by molar-refractivity contribution is 7.89. The van der Waals surface area contributed by atoms with Gasteiger partial charge in [0.15, 0.2) is 5.54 Å². The molecule has 7 heteroatoms. The number of aromatic nitrogens is 1. The molecule has 0 radical (unpaired) electrons. The highest BCUT2D eigenvalue weighted by Gasteiger charge is 2.39. The normalized spacial score (nSPS) is 14.3. The SMILES string of the molecule is CC(NS(=O)(=O)c1cccnc1)(C(=O)O)c1ccccc1. The molecule has 1 aromatic carbocycles. The van der Waals surface area contributed by atoms with Gasteiger partial charge in [-0.3, -0.25) is 4.98 Å². The van der Waals surface area contributed by atoms with Crippen molar-refractivity contribution in [1.82, 2.24) is 9.71 Å². The fourth-order valence-electron chi connectivity index (χ4n) is 1.83. The standard InChI is InChI=1S/C14H14N2O4S/c1-14(13(17)18,11-6-3-2-4-7-11)16-21(19,20)12-8-5-9-15-10-12/h2-10,16H,1H3,(H,17,18). The third kappa shape index (κ3) is 3.09. The lowest BCUT2D eigenvalue weighted by Crippen LogP contribution is -2.49. The molecule has 1 heterocycles. The first-order valence-corrected chi connectivity index (χ1v) is 7.57. The molecule has 0 aliphatic heterocycles. The summed E-state index contributed by atoms with van der Waals surface area (Å²) >= 11 is 0. The molecule has 0 spiro atoms. The van der Waals surface area contributed by atoms with Crippen LogP contribution < -0.4 is 4.72 Å². The lowest BCUT2D eigenvalue weighted by atomic mass is 9.94. The second-order valence-electron chi connectivity index (χ2n) is 4.59. The van der Waals surface area contributed by atoms with E-state index in [2.05, 4.69) is 9.71 Å². The Balaban J connectivity index is 2.45. The second kappa shape index (κ2) is 5.63. The lowest BCUT2D eigenvalue weighted by molar-refractivity contribution is -0.143. The van der Waals surface area contributed by atoms with E-state index in [9.17, 15) is 18.3 Å². The number of sulfonamides is 1. The third-order valence-corrected chi connectivity index (χ3v) is 4.60. The van der Waals surface area contributed by atoms with Gasteiger partial charge in [0, 0.05) is 12.4 Å². The summed E-state index contributed by atoms with van der Waals surface area (Å²) in [7, 11) is -4.00. The van der Waals surface area contributed by atoms with Crippen LogP contribution in [-0.2, 0) is 20.4 Å². The van der Waals surface area contributed by atoms with Gasteiger partial charge in [0.25, 0.3) is 0 Å². The van der Waals surface area contributed by atoms with Crippen molar-refractivity contribution in [3.05, 3.63) is 60.4 Å². The van der Waals surface area contributed by atoms with Crippen LogP contribution in [0, 0.1) is 0 Å². The average molecular weight is 306 g/mol. The van der Waals surface area contributed by atoms with Crippen LogP contribution in [0.15, 0.2) is 59.8 Å². The van der Waals surface area contributed by atoms with Crippen LogP contribution in [0.5, 0.6) is 0 Å². The van der Waals surface area contributed by atoms with E-state index < -0.39 is 21.5 Å². The van der Waals surface area contributed by atoms with Gasteiger partial charge in [0.1, 0.15) is 4.90 Å². The molecule has 0 aliphatic rings. The van der Waals surface area contributed by atoms with Crippen LogP contribution >= 0.6 is 0 Å². The largest absolute Gasteiger partial charge is 0.480 e. The maximum atomic E-state index is 12.3. The molecule has 1 atom stereocenters. The second-order valence-corrected chi connectivity index (χ2v) is 6.27. The molecule has 2 rings (SSSR count). The van der Waals surface area contributed by atoms with E-state index in [4.69, 9.17) is 0 Å². The van der Waals surface area contributed by atoms with Crippen molar-refractivity contribution in [2.75, 3.05) is 0 Å². The predicted molar refractivity (Wildman–Crippen MR) is 76.0 cm³/mol. The quantitative estimate of drug-likeness (QED) is 0.869. The maximum absolute atomic E-state index is 12.3. The van der Waals surface area contributed by atoms with E-state index in [1.54, 1.807) is 30.3 Å².